The zero-order valence-electron chi connectivity index (χ0n) is 14.9. The van der Waals surface area contributed by atoms with Crippen molar-refractivity contribution in [1.82, 2.24) is 0 Å². The van der Waals surface area contributed by atoms with E-state index in [2.05, 4.69) is 36.4 Å². The highest BCUT2D eigenvalue weighted by Gasteiger charge is 2.50. The van der Waals surface area contributed by atoms with Crippen LogP contribution in [0.2, 0.25) is 0 Å². The summed E-state index contributed by atoms with van der Waals surface area (Å²) >= 11 is 2.20. The summed E-state index contributed by atoms with van der Waals surface area (Å²) in [4.78, 5) is 12.4. The van der Waals surface area contributed by atoms with Crippen LogP contribution in [0.4, 0.5) is 0 Å². The second-order valence-electron chi connectivity index (χ2n) is 8.60. The topological polar surface area (TPSA) is 35.5 Å². The van der Waals surface area contributed by atoms with Crippen LogP contribution in [0.25, 0.3) is 0 Å². The molecule has 0 spiro atoms. The third-order valence-electron chi connectivity index (χ3n) is 6.29. The van der Waals surface area contributed by atoms with Crippen molar-refractivity contribution >= 4 is 28.6 Å². The summed E-state index contributed by atoms with van der Waals surface area (Å²) in [6.45, 7) is 8.14. The van der Waals surface area contributed by atoms with Gasteiger partial charge < -0.3 is 9.47 Å². The number of halogens is 1. The first-order chi connectivity index (χ1) is 10.8. The lowest BCUT2D eigenvalue weighted by atomic mass is 9.55. The Morgan fingerprint density at radius 3 is 2.09 bits per heavy atom. The van der Waals surface area contributed by atoms with Crippen LogP contribution in [0.3, 0.4) is 0 Å². The van der Waals surface area contributed by atoms with Crippen LogP contribution in [0.5, 0.6) is 0 Å². The summed E-state index contributed by atoms with van der Waals surface area (Å²) in [7, 11) is 0. The van der Waals surface area contributed by atoms with Crippen molar-refractivity contribution in [2.24, 2.45) is 29.6 Å². The molecule has 4 saturated carbocycles. The fourth-order valence-corrected chi connectivity index (χ4v) is 5.07. The molecule has 0 amide bonds. The summed E-state index contributed by atoms with van der Waals surface area (Å²) in [6, 6.07) is 0. The Kier molecular flexibility index (Phi) is 5.32. The quantitative estimate of drug-likeness (QED) is 0.257. The number of esters is 1. The number of rotatable bonds is 6. The average molecular weight is 434 g/mol. The van der Waals surface area contributed by atoms with E-state index in [-0.39, 0.29) is 11.9 Å². The highest BCUT2D eigenvalue weighted by molar-refractivity contribution is 14.1. The van der Waals surface area contributed by atoms with Gasteiger partial charge in [-0.2, -0.15) is 0 Å². The van der Waals surface area contributed by atoms with Crippen LogP contribution in [0.1, 0.15) is 66.2 Å². The first kappa shape index (κ1) is 18.0. The van der Waals surface area contributed by atoms with Crippen LogP contribution in [0.15, 0.2) is 0 Å². The predicted octanol–water partition coefficient (Wildman–Crippen LogP) is 4.96. The average Bonchev–Trinajstić information content (AvgIpc) is 2.48. The van der Waals surface area contributed by atoms with Crippen molar-refractivity contribution in [2.45, 2.75) is 82.0 Å². The minimum Gasteiger partial charge on any atom is -0.434 e. The molecule has 0 saturated heterocycles. The Balaban J connectivity index is 1.65. The monoisotopic (exact) mass is 434 g/mol. The number of carbonyl (C=O) groups excluding carboxylic acids is 1. The molecule has 4 heteroatoms. The number of hydrogen-bond acceptors (Lipinski definition) is 3. The van der Waals surface area contributed by atoms with E-state index in [1.807, 2.05) is 13.8 Å². The Bertz CT molecular complexity index is 418. The number of carbonyl (C=O) groups is 1. The zero-order valence-corrected chi connectivity index (χ0v) is 17.0. The lowest BCUT2D eigenvalue weighted by molar-refractivity contribution is -0.237. The Morgan fingerprint density at radius 1 is 1.13 bits per heavy atom. The Labute approximate surface area is 154 Å². The van der Waals surface area contributed by atoms with E-state index in [1.165, 1.54) is 32.1 Å². The van der Waals surface area contributed by atoms with E-state index >= 15 is 0 Å². The van der Waals surface area contributed by atoms with Crippen molar-refractivity contribution in [1.29, 1.82) is 0 Å². The van der Waals surface area contributed by atoms with Crippen LogP contribution in [-0.4, -0.2) is 21.8 Å². The minimum absolute atomic E-state index is 0.136. The molecule has 0 aromatic rings. The number of hydrogen-bond donors (Lipinski definition) is 0. The molecule has 0 radical (unpaired) electrons. The maximum absolute atomic E-state index is 12.4. The molecule has 3 nitrogen and oxygen atoms in total. The van der Waals surface area contributed by atoms with Crippen molar-refractivity contribution in [3.63, 3.8) is 0 Å². The van der Waals surface area contributed by atoms with Gasteiger partial charge in [0.05, 0.1) is 6.10 Å². The van der Waals surface area contributed by atoms with Crippen LogP contribution < -0.4 is 0 Å². The molecule has 132 valence electrons. The smallest absolute Gasteiger partial charge is 0.324 e. The third kappa shape index (κ3) is 3.73. The fourth-order valence-electron chi connectivity index (χ4n) is 4.95. The van der Waals surface area contributed by atoms with E-state index in [0.29, 0.717) is 17.9 Å². The maximum atomic E-state index is 12.4. The molecule has 0 heterocycles. The van der Waals surface area contributed by atoms with Crippen molar-refractivity contribution in [2.75, 3.05) is 0 Å². The molecule has 4 rings (SSSR count). The number of alkyl halides is 1. The Morgan fingerprint density at radius 2 is 1.65 bits per heavy atom. The maximum Gasteiger partial charge on any atom is 0.324 e. The van der Waals surface area contributed by atoms with Gasteiger partial charge in [-0.25, -0.2) is 0 Å². The van der Waals surface area contributed by atoms with Gasteiger partial charge >= 0.3 is 5.97 Å². The molecular formula is C19H31IO3. The van der Waals surface area contributed by atoms with E-state index < -0.39 is 9.71 Å². The standard InChI is InChI=1S/C19H31IO3/c1-5-19(4,20)18(21)23-17(11(2)3)22-16-14-7-12-6-13(9-14)10-15(16)8-12/h11-17H,5-10H2,1-4H3. The summed E-state index contributed by atoms with van der Waals surface area (Å²) in [5.41, 5.74) is 0. The van der Waals surface area contributed by atoms with Gasteiger partial charge in [0, 0.05) is 5.92 Å². The van der Waals surface area contributed by atoms with Gasteiger partial charge in [0.15, 0.2) is 0 Å². The van der Waals surface area contributed by atoms with E-state index in [1.54, 1.807) is 0 Å². The molecule has 23 heavy (non-hydrogen) atoms. The SMILES string of the molecule is CCC(C)(I)C(=O)OC(OC1C2CC3CC(C2)CC1C3)C(C)C. The van der Waals surface area contributed by atoms with Gasteiger partial charge in [0.2, 0.25) is 6.29 Å². The summed E-state index contributed by atoms with van der Waals surface area (Å²) in [5, 5.41) is 0. The molecule has 2 atom stereocenters. The first-order valence-corrected chi connectivity index (χ1v) is 10.4. The molecular weight excluding hydrogens is 403 g/mol. The fraction of sp³-hybridized carbons (Fsp3) is 0.947. The predicted molar refractivity (Wildman–Crippen MR) is 99.4 cm³/mol. The molecule has 4 bridgehead atoms. The number of ether oxygens (including phenoxy) is 2. The highest BCUT2D eigenvalue weighted by Crippen LogP contribution is 2.55. The van der Waals surface area contributed by atoms with Crippen LogP contribution in [0, 0.1) is 29.6 Å². The van der Waals surface area contributed by atoms with Crippen molar-refractivity contribution in [3.05, 3.63) is 0 Å². The minimum atomic E-state index is -0.460. The van der Waals surface area contributed by atoms with Crippen molar-refractivity contribution in [3.8, 4) is 0 Å². The second-order valence-corrected chi connectivity index (χ2v) is 11.0. The molecule has 4 fully saturated rings. The largest absolute Gasteiger partial charge is 0.434 e. The molecule has 4 aliphatic carbocycles. The molecule has 0 N–H and O–H groups in total. The van der Waals surface area contributed by atoms with Gasteiger partial charge in [-0.05, 0) is 69.1 Å². The van der Waals surface area contributed by atoms with E-state index in [0.717, 1.165) is 18.3 Å². The lowest BCUT2D eigenvalue weighted by Gasteiger charge is -2.54. The molecule has 0 aliphatic heterocycles. The Hall–Kier alpha value is 0.160. The molecule has 0 aromatic carbocycles. The van der Waals surface area contributed by atoms with E-state index in [4.69, 9.17) is 9.47 Å². The van der Waals surface area contributed by atoms with Gasteiger partial charge in [0.1, 0.15) is 3.42 Å². The second kappa shape index (κ2) is 6.81. The van der Waals surface area contributed by atoms with Gasteiger partial charge in [-0.1, -0.05) is 43.4 Å². The third-order valence-corrected chi connectivity index (χ3v) is 7.49. The molecule has 0 aromatic heterocycles. The summed E-state index contributed by atoms with van der Waals surface area (Å²) in [5.74, 6) is 3.33. The summed E-state index contributed by atoms with van der Waals surface area (Å²) in [6.07, 6.45) is 7.45. The van der Waals surface area contributed by atoms with Crippen molar-refractivity contribution < 1.29 is 14.3 Å². The highest BCUT2D eigenvalue weighted by atomic mass is 127. The summed E-state index contributed by atoms with van der Waals surface area (Å²) < 4.78 is 11.8. The lowest BCUT2D eigenvalue weighted by Crippen LogP contribution is -2.51. The van der Waals surface area contributed by atoms with Crippen LogP contribution >= 0.6 is 22.6 Å². The normalized spacial score (nSPS) is 39.3. The van der Waals surface area contributed by atoms with Gasteiger partial charge in [-0.15, -0.1) is 0 Å². The van der Waals surface area contributed by atoms with Gasteiger partial charge in [-0.3, -0.25) is 4.79 Å². The van der Waals surface area contributed by atoms with Gasteiger partial charge in [0.25, 0.3) is 0 Å². The first-order valence-electron chi connectivity index (χ1n) is 9.35. The van der Waals surface area contributed by atoms with E-state index in [9.17, 15) is 4.79 Å². The molecule has 4 aliphatic rings. The molecule has 2 unspecified atom stereocenters. The van der Waals surface area contributed by atoms with Crippen LogP contribution in [-0.2, 0) is 14.3 Å². The zero-order chi connectivity index (χ0) is 16.8.